The van der Waals surface area contributed by atoms with E-state index < -0.39 is 22.0 Å². The molecule has 0 saturated carbocycles. The van der Waals surface area contributed by atoms with Gasteiger partial charge in [0.1, 0.15) is 0 Å². The fraction of sp³-hybridized carbons (Fsp3) is 0.0833. The van der Waals surface area contributed by atoms with Crippen LogP contribution in [0.1, 0.15) is 10.9 Å². The van der Waals surface area contributed by atoms with Gasteiger partial charge < -0.3 is 5.11 Å². The number of sulfonamides is 1. The summed E-state index contributed by atoms with van der Waals surface area (Å²) in [5.74, 6) is -1.27. The van der Waals surface area contributed by atoms with Gasteiger partial charge in [-0.25, -0.2) is 8.42 Å². The molecule has 0 fully saturated rings. The predicted molar refractivity (Wildman–Crippen MR) is 76.5 cm³/mol. The van der Waals surface area contributed by atoms with Crippen molar-refractivity contribution in [2.75, 3.05) is 0 Å². The van der Waals surface area contributed by atoms with E-state index in [1.165, 1.54) is 24.3 Å². The van der Waals surface area contributed by atoms with E-state index in [-0.39, 0.29) is 9.92 Å². The minimum Gasteiger partial charge on any atom is -0.480 e. The van der Waals surface area contributed by atoms with Crippen molar-refractivity contribution in [1.82, 2.24) is 4.72 Å². The number of aliphatic carboxylic acids is 1. The van der Waals surface area contributed by atoms with Gasteiger partial charge in [0.2, 0.25) is 10.0 Å². The zero-order chi connectivity index (χ0) is 14.8. The zero-order valence-electron chi connectivity index (χ0n) is 9.99. The summed E-state index contributed by atoms with van der Waals surface area (Å²) < 4.78 is 26.5. The number of thiophene rings is 1. The van der Waals surface area contributed by atoms with Gasteiger partial charge in [-0.2, -0.15) is 4.72 Å². The molecule has 1 aromatic carbocycles. The molecule has 0 aliphatic carbocycles. The Kier molecular flexibility index (Phi) is 4.44. The van der Waals surface area contributed by atoms with Crippen molar-refractivity contribution in [3.63, 3.8) is 0 Å². The first kappa shape index (κ1) is 15.0. The molecule has 1 unspecified atom stereocenters. The monoisotopic (exact) mass is 331 g/mol. The summed E-state index contributed by atoms with van der Waals surface area (Å²) in [7, 11) is -3.96. The maximum Gasteiger partial charge on any atom is 0.327 e. The van der Waals surface area contributed by atoms with Crippen molar-refractivity contribution < 1.29 is 18.3 Å². The molecule has 0 aliphatic rings. The number of carbonyl (C=O) groups is 1. The molecule has 0 saturated heterocycles. The highest BCUT2D eigenvalue weighted by Gasteiger charge is 2.27. The van der Waals surface area contributed by atoms with Crippen LogP contribution in [0, 0.1) is 0 Å². The number of hydrogen-bond donors (Lipinski definition) is 2. The van der Waals surface area contributed by atoms with Crippen molar-refractivity contribution in [1.29, 1.82) is 0 Å². The number of halogens is 1. The molecule has 0 spiro atoms. The lowest BCUT2D eigenvalue weighted by Crippen LogP contribution is -2.33. The van der Waals surface area contributed by atoms with Gasteiger partial charge in [0.25, 0.3) is 0 Å². The highest BCUT2D eigenvalue weighted by molar-refractivity contribution is 7.89. The number of carboxylic acid groups (broad SMARTS) is 1. The van der Waals surface area contributed by atoms with Gasteiger partial charge in [-0.3, -0.25) is 4.79 Å². The first-order chi connectivity index (χ1) is 9.40. The first-order valence-corrected chi connectivity index (χ1v) is 8.18. The predicted octanol–water partition coefficient (Wildman–Crippen LogP) is 2.51. The van der Waals surface area contributed by atoms with E-state index in [4.69, 9.17) is 16.7 Å². The highest BCUT2D eigenvalue weighted by Crippen LogP contribution is 2.23. The lowest BCUT2D eigenvalue weighted by Gasteiger charge is -2.13. The minimum atomic E-state index is -3.96. The summed E-state index contributed by atoms with van der Waals surface area (Å²) in [6.07, 6.45) is 0. The topological polar surface area (TPSA) is 83.5 Å². The van der Waals surface area contributed by atoms with Crippen LogP contribution in [0.15, 0.2) is 46.7 Å². The van der Waals surface area contributed by atoms with Gasteiger partial charge in [0.15, 0.2) is 6.04 Å². The number of nitrogens with one attached hydrogen (secondary N) is 1. The second-order valence-corrected chi connectivity index (χ2v) is 7.00. The van der Waals surface area contributed by atoms with Crippen LogP contribution >= 0.6 is 22.9 Å². The van der Waals surface area contributed by atoms with E-state index in [2.05, 4.69) is 4.72 Å². The molecule has 0 amide bonds. The second-order valence-electron chi connectivity index (χ2n) is 3.87. The second kappa shape index (κ2) is 5.92. The number of benzene rings is 1. The molecule has 106 valence electrons. The van der Waals surface area contributed by atoms with E-state index in [1.54, 1.807) is 17.5 Å². The molecule has 2 aromatic rings. The van der Waals surface area contributed by atoms with E-state index in [1.807, 2.05) is 0 Å². The SMILES string of the molecule is O=C(O)C(NS(=O)(=O)c1cccc(Cl)c1)c1cccs1. The van der Waals surface area contributed by atoms with Crippen LogP contribution in [0.5, 0.6) is 0 Å². The minimum absolute atomic E-state index is 0.0761. The lowest BCUT2D eigenvalue weighted by atomic mass is 10.3. The highest BCUT2D eigenvalue weighted by atomic mass is 35.5. The Morgan fingerprint density at radius 1 is 1.30 bits per heavy atom. The van der Waals surface area contributed by atoms with Gasteiger partial charge in [0, 0.05) is 9.90 Å². The van der Waals surface area contributed by atoms with Crippen LogP contribution in [0.2, 0.25) is 5.02 Å². The van der Waals surface area contributed by atoms with Crippen LogP contribution in [-0.4, -0.2) is 19.5 Å². The largest absolute Gasteiger partial charge is 0.480 e. The molecule has 20 heavy (non-hydrogen) atoms. The maximum atomic E-state index is 12.2. The Hall–Kier alpha value is -1.41. The molecular formula is C12H10ClNO4S2. The van der Waals surface area contributed by atoms with Crippen molar-refractivity contribution >= 4 is 38.9 Å². The average Bonchev–Trinajstić information content (AvgIpc) is 2.89. The first-order valence-electron chi connectivity index (χ1n) is 5.44. The molecule has 0 radical (unpaired) electrons. The molecule has 0 bridgehead atoms. The van der Waals surface area contributed by atoms with E-state index in [0.29, 0.717) is 4.88 Å². The Bertz CT molecular complexity index is 713. The fourth-order valence-electron chi connectivity index (χ4n) is 1.54. The van der Waals surface area contributed by atoms with E-state index in [0.717, 1.165) is 11.3 Å². The summed E-state index contributed by atoms with van der Waals surface area (Å²) >= 11 is 6.91. The fourth-order valence-corrected chi connectivity index (χ4v) is 3.85. The molecule has 1 atom stereocenters. The molecular weight excluding hydrogens is 322 g/mol. The van der Waals surface area contributed by atoms with Crippen molar-refractivity contribution in [3.05, 3.63) is 51.7 Å². The number of carboxylic acids is 1. The molecule has 2 N–H and O–H groups in total. The molecule has 1 heterocycles. The third kappa shape index (κ3) is 3.37. The maximum absolute atomic E-state index is 12.2. The van der Waals surface area contributed by atoms with Gasteiger partial charge >= 0.3 is 5.97 Å². The van der Waals surface area contributed by atoms with Crippen LogP contribution < -0.4 is 4.72 Å². The van der Waals surface area contributed by atoms with Crippen molar-refractivity contribution in [2.45, 2.75) is 10.9 Å². The van der Waals surface area contributed by atoms with Gasteiger partial charge in [-0.05, 0) is 29.6 Å². The zero-order valence-corrected chi connectivity index (χ0v) is 12.4. The average molecular weight is 332 g/mol. The number of rotatable bonds is 5. The summed E-state index contributed by atoms with van der Waals surface area (Å²) in [6.45, 7) is 0. The molecule has 0 aliphatic heterocycles. The van der Waals surface area contributed by atoms with Crippen LogP contribution in [0.4, 0.5) is 0 Å². The van der Waals surface area contributed by atoms with E-state index in [9.17, 15) is 13.2 Å². The van der Waals surface area contributed by atoms with Gasteiger partial charge in [0.05, 0.1) is 4.90 Å². The van der Waals surface area contributed by atoms with Crippen LogP contribution in [-0.2, 0) is 14.8 Å². The Labute approximate surface area is 124 Å². The van der Waals surface area contributed by atoms with E-state index >= 15 is 0 Å². The third-order valence-corrected chi connectivity index (χ3v) is 5.05. The quantitative estimate of drug-likeness (QED) is 0.881. The Morgan fingerprint density at radius 2 is 2.05 bits per heavy atom. The van der Waals surface area contributed by atoms with Crippen molar-refractivity contribution in [3.8, 4) is 0 Å². The van der Waals surface area contributed by atoms with Crippen LogP contribution in [0.3, 0.4) is 0 Å². The molecule has 2 rings (SSSR count). The number of hydrogen-bond acceptors (Lipinski definition) is 4. The summed E-state index contributed by atoms with van der Waals surface area (Å²) in [5, 5.41) is 11.1. The normalized spacial score (nSPS) is 13.1. The van der Waals surface area contributed by atoms with Crippen LogP contribution in [0.25, 0.3) is 0 Å². The smallest absolute Gasteiger partial charge is 0.327 e. The van der Waals surface area contributed by atoms with Gasteiger partial charge in [-0.15, -0.1) is 11.3 Å². The van der Waals surface area contributed by atoms with Gasteiger partial charge in [-0.1, -0.05) is 23.7 Å². The molecule has 5 nitrogen and oxygen atoms in total. The summed E-state index contributed by atoms with van der Waals surface area (Å²) in [5.41, 5.74) is 0. The molecule has 1 aromatic heterocycles. The molecule has 8 heteroatoms. The summed E-state index contributed by atoms with van der Waals surface area (Å²) in [6, 6.07) is 7.53. The van der Waals surface area contributed by atoms with Crippen molar-refractivity contribution in [2.24, 2.45) is 0 Å². The lowest BCUT2D eigenvalue weighted by molar-refractivity contribution is -0.139. The summed E-state index contributed by atoms with van der Waals surface area (Å²) in [4.78, 5) is 11.6. The standard InChI is InChI=1S/C12H10ClNO4S2/c13-8-3-1-4-9(7-8)20(17,18)14-11(12(15)16)10-5-2-6-19-10/h1-7,11,14H,(H,15,16). The Morgan fingerprint density at radius 3 is 2.60 bits per heavy atom. The third-order valence-electron chi connectivity index (χ3n) is 2.45. The Balaban J connectivity index is 2.33.